The molecule has 1 aromatic rings. The molecule has 0 radical (unpaired) electrons. The number of sulfone groups is 2. The molecule has 18 heavy (non-hydrogen) atoms. The molecule has 0 aromatic heterocycles. The summed E-state index contributed by atoms with van der Waals surface area (Å²) in [4.78, 5) is 0. The van der Waals surface area contributed by atoms with Crippen molar-refractivity contribution in [2.45, 2.75) is 5.25 Å². The van der Waals surface area contributed by atoms with Crippen LogP contribution in [0.15, 0.2) is 40.2 Å². The van der Waals surface area contributed by atoms with Gasteiger partial charge in [0.2, 0.25) is 0 Å². The van der Waals surface area contributed by atoms with Crippen LogP contribution in [-0.2, 0) is 19.7 Å². The summed E-state index contributed by atoms with van der Waals surface area (Å²) in [5.41, 5.74) is 0.494. The first-order chi connectivity index (χ1) is 8.30. The Kier molecular flexibility index (Phi) is 3.66. The van der Waals surface area contributed by atoms with Gasteiger partial charge in [0.15, 0.2) is 19.7 Å². The van der Waals surface area contributed by atoms with E-state index in [2.05, 4.69) is 15.9 Å². The van der Waals surface area contributed by atoms with Crippen LogP contribution in [0.4, 0.5) is 0 Å². The molecule has 1 unspecified atom stereocenters. The Bertz CT molecular complexity index is 672. The van der Waals surface area contributed by atoms with Gasteiger partial charge in [0.25, 0.3) is 0 Å². The van der Waals surface area contributed by atoms with Gasteiger partial charge < -0.3 is 0 Å². The van der Waals surface area contributed by atoms with Gasteiger partial charge in [-0.25, -0.2) is 16.8 Å². The maximum atomic E-state index is 12.0. The highest BCUT2D eigenvalue weighted by atomic mass is 79.9. The molecule has 1 aromatic carbocycles. The number of rotatable bonds is 1. The van der Waals surface area contributed by atoms with Gasteiger partial charge in [0, 0.05) is 9.88 Å². The van der Waals surface area contributed by atoms with Crippen molar-refractivity contribution in [3.63, 3.8) is 0 Å². The van der Waals surface area contributed by atoms with Crippen molar-refractivity contribution in [1.29, 1.82) is 0 Å². The lowest BCUT2D eigenvalue weighted by Gasteiger charge is -2.13. The Balaban J connectivity index is 2.52. The Hall–Kier alpha value is -0.660. The highest BCUT2D eigenvalue weighted by Crippen LogP contribution is 2.29. The molecule has 0 fully saturated rings. The van der Waals surface area contributed by atoms with Gasteiger partial charge in [-0.15, -0.1) is 0 Å². The average Bonchev–Trinajstić information content (AvgIpc) is 2.36. The maximum Gasteiger partial charge on any atom is 0.179 e. The Labute approximate surface area is 115 Å². The van der Waals surface area contributed by atoms with Gasteiger partial charge in [-0.3, -0.25) is 0 Å². The highest BCUT2D eigenvalue weighted by molar-refractivity contribution is 9.10. The summed E-state index contributed by atoms with van der Waals surface area (Å²) >= 11 is 3.25. The van der Waals surface area contributed by atoms with E-state index < -0.39 is 24.9 Å². The van der Waals surface area contributed by atoms with E-state index in [1.165, 1.54) is 6.08 Å². The van der Waals surface area contributed by atoms with Crippen LogP contribution >= 0.6 is 15.9 Å². The van der Waals surface area contributed by atoms with Crippen LogP contribution in [0.3, 0.4) is 0 Å². The molecule has 1 atom stereocenters. The van der Waals surface area contributed by atoms with Crippen LogP contribution in [-0.4, -0.2) is 28.3 Å². The van der Waals surface area contributed by atoms with E-state index >= 15 is 0 Å². The summed E-state index contributed by atoms with van der Waals surface area (Å²) in [6.45, 7) is 0. The summed E-state index contributed by atoms with van der Waals surface area (Å²) in [6, 6.07) is 6.65. The van der Waals surface area contributed by atoms with Gasteiger partial charge in [-0.05, 0) is 17.7 Å². The minimum Gasteiger partial charge on any atom is -0.228 e. The molecule has 0 saturated carbocycles. The first-order valence-electron chi connectivity index (χ1n) is 5.16. The molecule has 0 N–H and O–H groups in total. The molecule has 0 bridgehead atoms. The largest absolute Gasteiger partial charge is 0.228 e. The highest BCUT2D eigenvalue weighted by Gasteiger charge is 2.32. The van der Waals surface area contributed by atoms with Crippen molar-refractivity contribution < 1.29 is 16.8 Å². The molecule has 0 aliphatic carbocycles. The topological polar surface area (TPSA) is 68.3 Å². The van der Waals surface area contributed by atoms with Crippen molar-refractivity contribution in [2.75, 3.05) is 11.5 Å². The predicted octanol–water partition coefficient (Wildman–Crippen LogP) is 1.85. The molecule has 4 nitrogen and oxygen atoms in total. The maximum absolute atomic E-state index is 12.0. The molecule has 1 aliphatic heterocycles. The second-order valence-electron chi connectivity index (χ2n) is 4.08. The lowest BCUT2D eigenvalue weighted by Crippen LogP contribution is -2.20. The van der Waals surface area contributed by atoms with E-state index in [4.69, 9.17) is 0 Å². The molecule has 0 saturated heterocycles. The van der Waals surface area contributed by atoms with Crippen LogP contribution in [0.25, 0.3) is 0 Å². The van der Waals surface area contributed by atoms with Crippen LogP contribution < -0.4 is 0 Å². The molecular weight excluding hydrogens is 340 g/mol. The summed E-state index contributed by atoms with van der Waals surface area (Å²) < 4.78 is 48.2. The normalized spacial score (nSPS) is 25.5. The summed E-state index contributed by atoms with van der Waals surface area (Å²) in [5, 5.41) is -0.0149. The third kappa shape index (κ3) is 3.02. The lowest BCUT2D eigenvalue weighted by atomic mass is 10.2. The van der Waals surface area contributed by atoms with E-state index in [9.17, 15) is 16.8 Å². The van der Waals surface area contributed by atoms with Crippen LogP contribution in [0.1, 0.15) is 10.8 Å². The molecule has 0 spiro atoms. The SMILES string of the molecule is O=S1(=O)CC=CS(=O)(=O)C(c2ccc(Br)cc2)C1. The zero-order chi connectivity index (χ0) is 13.4. The van der Waals surface area contributed by atoms with E-state index in [1.807, 2.05) is 0 Å². The van der Waals surface area contributed by atoms with Gasteiger partial charge in [-0.2, -0.15) is 0 Å². The van der Waals surface area contributed by atoms with Crippen LogP contribution in [0, 0.1) is 0 Å². The van der Waals surface area contributed by atoms with Crippen molar-refractivity contribution in [3.05, 3.63) is 45.8 Å². The summed E-state index contributed by atoms with van der Waals surface area (Å²) in [5.74, 6) is -0.594. The van der Waals surface area contributed by atoms with Crippen molar-refractivity contribution in [1.82, 2.24) is 0 Å². The minimum absolute atomic E-state index is 0.223. The number of hydrogen-bond acceptors (Lipinski definition) is 4. The van der Waals surface area contributed by atoms with Crippen molar-refractivity contribution in [3.8, 4) is 0 Å². The fourth-order valence-electron chi connectivity index (χ4n) is 1.77. The Morgan fingerprint density at radius 1 is 1.06 bits per heavy atom. The van der Waals surface area contributed by atoms with Crippen LogP contribution in [0.2, 0.25) is 0 Å². The third-order valence-electron chi connectivity index (χ3n) is 2.68. The lowest BCUT2D eigenvalue weighted by molar-refractivity contribution is 0.584. The Morgan fingerprint density at radius 2 is 1.67 bits per heavy atom. The van der Waals surface area contributed by atoms with E-state index in [1.54, 1.807) is 24.3 Å². The zero-order valence-electron chi connectivity index (χ0n) is 9.28. The predicted molar refractivity (Wildman–Crippen MR) is 73.6 cm³/mol. The zero-order valence-corrected chi connectivity index (χ0v) is 12.5. The van der Waals surface area contributed by atoms with Gasteiger partial charge >= 0.3 is 0 Å². The second kappa shape index (κ2) is 4.79. The molecule has 1 heterocycles. The molecule has 98 valence electrons. The standard InChI is InChI=1S/C11H11BrO4S2/c12-10-4-2-9(3-5-10)11-8-17(13,14)6-1-7-18(11,15)16/h1-5,7,11H,6,8H2. The van der Waals surface area contributed by atoms with Crippen LogP contribution in [0.5, 0.6) is 0 Å². The van der Waals surface area contributed by atoms with E-state index in [0.717, 1.165) is 9.88 Å². The molecule has 1 aliphatic rings. The quantitative estimate of drug-likeness (QED) is 0.774. The fourth-order valence-corrected chi connectivity index (χ4v) is 5.81. The smallest absolute Gasteiger partial charge is 0.179 e. The van der Waals surface area contributed by atoms with Gasteiger partial charge in [0.1, 0.15) is 5.25 Å². The van der Waals surface area contributed by atoms with Crippen molar-refractivity contribution >= 4 is 35.6 Å². The first kappa shape index (κ1) is 13.8. The molecule has 7 heteroatoms. The number of hydrogen-bond donors (Lipinski definition) is 0. The minimum atomic E-state index is -3.57. The monoisotopic (exact) mass is 350 g/mol. The van der Waals surface area contributed by atoms with Gasteiger partial charge in [0.05, 0.1) is 11.5 Å². The molecular formula is C11H11BrO4S2. The van der Waals surface area contributed by atoms with E-state index in [-0.39, 0.29) is 11.5 Å². The Morgan fingerprint density at radius 3 is 2.28 bits per heavy atom. The molecule has 2 rings (SSSR count). The second-order valence-corrected chi connectivity index (χ2v) is 9.17. The average molecular weight is 351 g/mol. The summed E-state index contributed by atoms with van der Waals surface area (Å²) in [6.07, 6.45) is 1.20. The first-order valence-corrected chi connectivity index (χ1v) is 9.39. The van der Waals surface area contributed by atoms with E-state index in [0.29, 0.717) is 5.56 Å². The fraction of sp³-hybridized carbons (Fsp3) is 0.273. The van der Waals surface area contributed by atoms with Crippen molar-refractivity contribution in [2.24, 2.45) is 0 Å². The number of benzene rings is 1. The molecule has 0 amide bonds. The number of halogens is 1. The summed E-state index contributed by atoms with van der Waals surface area (Å²) in [7, 11) is -6.95. The van der Waals surface area contributed by atoms with Gasteiger partial charge in [-0.1, -0.05) is 34.1 Å². The third-order valence-corrected chi connectivity index (χ3v) is 6.76.